The van der Waals surface area contributed by atoms with Crippen LogP contribution in [0.2, 0.25) is 0 Å². The summed E-state index contributed by atoms with van der Waals surface area (Å²) >= 11 is 0. The fourth-order valence-electron chi connectivity index (χ4n) is 2.11. The Kier molecular flexibility index (Phi) is 3.08. The Bertz CT molecular complexity index is 368. The fraction of sp³-hybridized carbons (Fsp3) is 0.500. The number of nitrogens with one attached hydrogen (secondary N) is 1. The van der Waals surface area contributed by atoms with Gasteiger partial charge in [0.05, 0.1) is 27.0 Å². The van der Waals surface area contributed by atoms with E-state index >= 15 is 0 Å². The molecule has 0 saturated carbocycles. The van der Waals surface area contributed by atoms with Gasteiger partial charge in [-0.05, 0) is 12.8 Å². The number of hydrogen-bond acceptors (Lipinski definition) is 4. The standard InChI is InChI=1S/C12H17NO3/c1-14-9-7-10(15-2)12(16-3)11-8(9)5-4-6-13-11/h7,13H,4-6H2,1-3H3. The van der Waals surface area contributed by atoms with Crippen molar-refractivity contribution in [2.24, 2.45) is 0 Å². The maximum Gasteiger partial charge on any atom is 0.184 e. The molecule has 0 spiro atoms. The summed E-state index contributed by atoms with van der Waals surface area (Å²) in [7, 11) is 4.96. The van der Waals surface area contributed by atoms with E-state index in [1.807, 2.05) is 6.07 Å². The van der Waals surface area contributed by atoms with Gasteiger partial charge in [0.15, 0.2) is 11.5 Å². The molecule has 1 aromatic rings. The van der Waals surface area contributed by atoms with Crippen LogP contribution in [0, 0.1) is 0 Å². The molecule has 4 heteroatoms. The Morgan fingerprint density at radius 1 is 1.06 bits per heavy atom. The van der Waals surface area contributed by atoms with Crippen LogP contribution in [0.5, 0.6) is 17.2 Å². The van der Waals surface area contributed by atoms with Crippen LogP contribution in [0.25, 0.3) is 0 Å². The van der Waals surface area contributed by atoms with E-state index in [1.54, 1.807) is 21.3 Å². The molecule has 4 nitrogen and oxygen atoms in total. The lowest BCUT2D eigenvalue weighted by Crippen LogP contribution is -2.14. The lowest BCUT2D eigenvalue weighted by molar-refractivity contribution is 0.348. The van der Waals surface area contributed by atoms with E-state index in [1.165, 1.54) is 5.56 Å². The van der Waals surface area contributed by atoms with Gasteiger partial charge in [-0.1, -0.05) is 0 Å². The number of methoxy groups -OCH3 is 3. The molecular weight excluding hydrogens is 206 g/mol. The first-order chi connectivity index (χ1) is 7.81. The highest BCUT2D eigenvalue weighted by Gasteiger charge is 2.22. The van der Waals surface area contributed by atoms with Gasteiger partial charge in [0, 0.05) is 18.2 Å². The van der Waals surface area contributed by atoms with Gasteiger partial charge in [-0.25, -0.2) is 0 Å². The summed E-state index contributed by atoms with van der Waals surface area (Å²) in [5.74, 6) is 2.32. The van der Waals surface area contributed by atoms with Gasteiger partial charge in [-0.2, -0.15) is 0 Å². The molecule has 0 aliphatic carbocycles. The summed E-state index contributed by atoms with van der Waals surface area (Å²) in [6, 6.07) is 1.88. The van der Waals surface area contributed by atoms with Gasteiger partial charge in [0.2, 0.25) is 0 Å². The molecule has 0 fully saturated rings. The predicted molar refractivity (Wildman–Crippen MR) is 62.9 cm³/mol. The highest BCUT2D eigenvalue weighted by Crippen LogP contribution is 2.45. The third kappa shape index (κ3) is 1.64. The number of ether oxygens (including phenoxy) is 3. The molecule has 88 valence electrons. The fourth-order valence-corrected chi connectivity index (χ4v) is 2.11. The Morgan fingerprint density at radius 2 is 1.81 bits per heavy atom. The van der Waals surface area contributed by atoms with Crippen molar-refractivity contribution in [1.82, 2.24) is 0 Å². The summed E-state index contributed by atoms with van der Waals surface area (Å²) in [6.45, 7) is 0.958. The van der Waals surface area contributed by atoms with Crippen LogP contribution in [0.3, 0.4) is 0 Å². The minimum Gasteiger partial charge on any atom is -0.496 e. The number of rotatable bonds is 3. The van der Waals surface area contributed by atoms with E-state index in [0.29, 0.717) is 5.75 Å². The molecular formula is C12H17NO3. The van der Waals surface area contributed by atoms with Crippen LogP contribution >= 0.6 is 0 Å². The first-order valence-electron chi connectivity index (χ1n) is 5.37. The minimum absolute atomic E-state index is 0.701. The van der Waals surface area contributed by atoms with E-state index in [-0.39, 0.29) is 0 Å². The van der Waals surface area contributed by atoms with E-state index < -0.39 is 0 Å². The second-order valence-electron chi connectivity index (χ2n) is 3.70. The van der Waals surface area contributed by atoms with Crippen molar-refractivity contribution >= 4 is 5.69 Å². The number of anilines is 1. The van der Waals surface area contributed by atoms with Crippen molar-refractivity contribution < 1.29 is 14.2 Å². The van der Waals surface area contributed by atoms with E-state index in [2.05, 4.69) is 5.32 Å². The first-order valence-corrected chi connectivity index (χ1v) is 5.37. The zero-order chi connectivity index (χ0) is 11.5. The zero-order valence-electron chi connectivity index (χ0n) is 9.92. The average molecular weight is 223 g/mol. The molecule has 16 heavy (non-hydrogen) atoms. The number of benzene rings is 1. The Hall–Kier alpha value is -1.58. The molecule has 1 aliphatic heterocycles. The summed E-state index contributed by atoms with van der Waals surface area (Å²) < 4.78 is 16.1. The third-order valence-electron chi connectivity index (χ3n) is 2.86. The van der Waals surface area contributed by atoms with Crippen molar-refractivity contribution in [3.63, 3.8) is 0 Å². The lowest BCUT2D eigenvalue weighted by Gasteiger charge is -2.24. The van der Waals surface area contributed by atoms with Gasteiger partial charge < -0.3 is 19.5 Å². The maximum absolute atomic E-state index is 5.39. The molecule has 0 aromatic heterocycles. The Labute approximate surface area is 95.5 Å². The second kappa shape index (κ2) is 4.51. The monoisotopic (exact) mass is 223 g/mol. The Morgan fingerprint density at radius 3 is 2.44 bits per heavy atom. The quantitative estimate of drug-likeness (QED) is 0.851. The third-order valence-corrected chi connectivity index (χ3v) is 2.86. The van der Waals surface area contributed by atoms with Crippen LogP contribution in [0.4, 0.5) is 5.69 Å². The van der Waals surface area contributed by atoms with Crippen LogP contribution in [-0.4, -0.2) is 27.9 Å². The zero-order valence-corrected chi connectivity index (χ0v) is 9.92. The van der Waals surface area contributed by atoms with Crippen molar-refractivity contribution in [2.45, 2.75) is 12.8 Å². The smallest absolute Gasteiger partial charge is 0.184 e. The van der Waals surface area contributed by atoms with Crippen molar-refractivity contribution in [2.75, 3.05) is 33.2 Å². The molecule has 0 saturated heterocycles. The van der Waals surface area contributed by atoms with Gasteiger partial charge >= 0.3 is 0 Å². The summed E-state index contributed by atoms with van der Waals surface area (Å²) in [5.41, 5.74) is 2.18. The molecule has 0 bridgehead atoms. The van der Waals surface area contributed by atoms with E-state index in [4.69, 9.17) is 14.2 Å². The maximum atomic E-state index is 5.39. The molecule has 1 N–H and O–H groups in total. The summed E-state index contributed by atoms with van der Waals surface area (Å²) in [5, 5.41) is 3.35. The predicted octanol–water partition coefficient (Wildman–Crippen LogP) is 2.07. The van der Waals surface area contributed by atoms with Crippen molar-refractivity contribution in [3.05, 3.63) is 11.6 Å². The molecule has 1 heterocycles. The highest BCUT2D eigenvalue weighted by atomic mass is 16.5. The molecule has 0 atom stereocenters. The van der Waals surface area contributed by atoms with Gasteiger partial charge in [-0.3, -0.25) is 0 Å². The van der Waals surface area contributed by atoms with Gasteiger partial charge in [-0.15, -0.1) is 0 Å². The molecule has 1 aliphatic rings. The Balaban J connectivity index is 2.60. The molecule has 0 amide bonds. The largest absolute Gasteiger partial charge is 0.496 e. The average Bonchev–Trinajstić information content (AvgIpc) is 2.36. The van der Waals surface area contributed by atoms with E-state index in [9.17, 15) is 0 Å². The van der Waals surface area contributed by atoms with E-state index in [0.717, 1.165) is 36.6 Å². The molecule has 0 unspecified atom stereocenters. The molecule has 2 rings (SSSR count). The highest BCUT2D eigenvalue weighted by molar-refractivity contribution is 5.73. The number of fused-ring (bicyclic) bond motifs is 1. The minimum atomic E-state index is 0.701. The lowest BCUT2D eigenvalue weighted by atomic mass is 10.0. The van der Waals surface area contributed by atoms with Gasteiger partial charge in [0.25, 0.3) is 0 Å². The van der Waals surface area contributed by atoms with Crippen LogP contribution in [0.15, 0.2) is 6.07 Å². The SMILES string of the molecule is COc1cc(OC)c(OC)c2c1CCCN2. The first kappa shape index (κ1) is 10.9. The topological polar surface area (TPSA) is 39.7 Å². The van der Waals surface area contributed by atoms with Crippen molar-refractivity contribution in [1.29, 1.82) is 0 Å². The second-order valence-corrected chi connectivity index (χ2v) is 3.70. The van der Waals surface area contributed by atoms with Crippen LogP contribution in [-0.2, 0) is 6.42 Å². The summed E-state index contributed by atoms with van der Waals surface area (Å²) in [4.78, 5) is 0. The van der Waals surface area contributed by atoms with Crippen molar-refractivity contribution in [3.8, 4) is 17.2 Å². The normalized spacial score (nSPS) is 13.7. The number of hydrogen-bond donors (Lipinski definition) is 1. The van der Waals surface area contributed by atoms with Crippen LogP contribution < -0.4 is 19.5 Å². The summed E-state index contributed by atoms with van der Waals surface area (Å²) in [6.07, 6.45) is 2.12. The van der Waals surface area contributed by atoms with Crippen LogP contribution in [0.1, 0.15) is 12.0 Å². The molecule has 0 radical (unpaired) electrons. The molecule has 1 aromatic carbocycles. The van der Waals surface area contributed by atoms with Gasteiger partial charge in [0.1, 0.15) is 5.75 Å².